The van der Waals surface area contributed by atoms with E-state index in [-0.39, 0.29) is 0 Å². The van der Waals surface area contributed by atoms with Crippen LogP contribution in [0.25, 0.3) is 0 Å². The summed E-state index contributed by atoms with van der Waals surface area (Å²) in [5.74, 6) is 2.04. The molecule has 0 aliphatic rings. The molecule has 1 aromatic heterocycles. The minimum atomic E-state index is 0.594. The number of hydrogen-bond acceptors (Lipinski definition) is 1. The zero-order valence-corrected chi connectivity index (χ0v) is 21.1. The molecule has 2 nitrogen and oxygen atoms in total. The number of hydrogen-bond donors (Lipinski definition) is 0. The highest BCUT2D eigenvalue weighted by Gasteiger charge is 2.19. The fraction of sp³-hybridized carbons (Fsp3) is 0.893. The summed E-state index contributed by atoms with van der Waals surface area (Å²) in [5, 5.41) is 0. The van der Waals surface area contributed by atoms with Crippen molar-refractivity contribution in [3.8, 4) is 0 Å². The second kappa shape index (κ2) is 18.9. The van der Waals surface area contributed by atoms with E-state index < -0.39 is 0 Å². The van der Waals surface area contributed by atoms with Gasteiger partial charge >= 0.3 is 0 Å². The van der Waals surface area contributed by atoms with Crippen molar-refractivity contribution in [1.82, 2.24) is 9.55 Å². The molecule has 176 valence electrons. The van der Waals surface area contributed by atoms with Crippen molar-refractivity contribution in [3.63, 3.8) is 0 Å². The smallest absolute Gasteiger partial charge is 0.111 e. The predicted octanol–water partition coefficient (Wildman–Crippen LogP) is 10.00. The van der Waals surface area contributed by atoms with Crippen molar-refractivity contribution in [2.75, 3.05) is 0 Å². The van der Waals surface area contributed by atoms with E-state index in [1.807, 2.05) is 0 Å². The van der Waals surface area contributed by atoms with Gasteiger partial charge in [-0.3, -0.25) is 0 Å². The van der Waals surface area contributed by atoms with E-state index in [0.29, 0.717) is 12.0 Å². The van der Waals surface area contributed by atoms with Gasteiger partial charge in [-0.1, -0.05) is 124 Å². The van der Waals surface area contributed by atoms with E-state index in [1.165, 1.54) is 128 Å². The summed E-state index contributed by atoms with van der Waals surface area (Å²) in [7, 11) is 0. The molecule has 0 saturated carbocycles. The molecule has 0 N–H and O–H groups in total. The lowest BCUT2D eigenvalue weighted by Gasteiger charge is -2.22. The van der Waals surface area contributed by atoms with Gasteiger partial charge in [0.05, 0.1) is 0 Å². The standard InChI is InChI=1S/C28H54N2/c1-5-8-11-13-14-15-16-18-20-23-27(22-10-7-3)28-29-24-25-30(28)26(4)21-19-17-12-9-6-2/h24-27H,5-23H2,1-4H3. The van der Waals surface area contributed by atoms with Crippen molar-refractivity contribution in [2.45, 2.75) is 162 Å². The number of rotatable bonds is 21. The Morgan fingerprint density at radius 1 is 0.633 bits per heavy atom. The van der Waals surface area contributed by atoms with Crippen molar-refractivity contribution in [2.24, 2.45) is 0 Å². The Hall–Kier alpha value is -0.790. The van der Waals surface area contributed by atoms with Gasteiger partial charge in [0.2, 0.25) is 0 Å². The van der Waals surface area contributed by atoms with E-state index >= 15 is 0 Å². The molecule has 1 aromatic rings. The van der Waals surface area contributed by atoms with Crippen LogP contribution in [0, 0.1) is 0 Å². The molecule has 0 saturated heterocycles. The van der Waals surface area contributed by atoms with Gasteiger partial charge in [-0.15, -0.1) is 0 Å². The number of unbranched alkanes of at least 4 members (excludes halogenated alkanes) is 13. The lowest BCUT2D eigenvalue weighted by atomic mass is 9.93. The zero-order chi connectivity index (χ0) is 21.9. The Balaban J connectivity index is 2.42. The fourth-order valence-corrected chi connectivity index (χ4v) is 4.75. The van der Waals surface area contributed by atoms with Crippen LogP contribution in [-0.2, 0) is 0 Å². The highest BCUT2D eigenvalue weighted by molar-refractivity contribution is 5.02. The third-order valence-corrected chi connectivity index (χ3v) is 6.83. The first-order valence-electron chi connectivity index (χ1n) is 13.8. The van der Waals surface area contributed by atoms with Gasteiger partial charge in [0.15, 0.2) is 0 Å². The molecule has 0 amide bonds. The maximum absolute atomic E-state index is 4.87. The minimum absolute atomic E-state index is 0.594. The van der Waals surface area contributed by atoms with Gasteiger partial charge in [-0.2, -0.15) is 0 Å². The summed E-state index contributed by atoms with van der Waals surface area (Å²) in [6.07, 6.45) is 30.5. The van der Waals surface area contributed by atoms with E-state index in [0.717, 1.165) is 0 Å². The highest BCUT2D eigenvalue weighted by atomic mass is 15.1. The molecule has 2 unspecified atom stereocenters. The first kappa shape index (κ1) is 27.2. The fourth-order valence-electron chi connectivity index (χ4n) is 4.75. The topological polar surface area (TPSA) is 17.8 Å². The third-order valence-electron chi connectivity index (χ3n) is 6.83. The van der Waals surface area contributed by atoms with Crippen LogP contribution in [0.15, 0.2) is 12.4 Å². The molecule has 0 spiro atoms. The molecule has 0 bridgehead atoms. The third kappa shape index (κ3) is 12.2. The van der Waals surface area contributed by atoms with Crippen LogP contribution in [0.1, 0.15) is 167 Å². The van der Waals surface area contributed by atoms with E-state index in [4.69, 9.17) is 4.98 Å². The minimum Gasteiger partial charge on any atom is -0.332 e. The first-order valence-corrected chi connectivity index (χ1v) is 13.8. The van der Waals surface area contributed by atoms with E-state index in [1.54, 1.807) is 0 Å². The summed E-state index contributed by atoms with van der Waals surface area (Å²) < 4.78 is 2.52. The average Bonchev–Trinajstić information content (AvgIpc) is 3.24. The van der Waals surface area contributed by atoms with Crippen LogP contribution in [-0.4, -0.2) is 9.55 Å². The van der Waals surface area contributed by atoms with Crippen LogP contribution in [0.2, 0.25) is 0 Å². The molecule has 2 atom stereocenters. The van der Waals surface area contributed by atoms with Crippen LogP contribution < -0.4 is 0 Å². The van der Waals surface area contributed by atoms with Gasteiger partial charge in [0.25, 0.3) is 0 Å². The van der Waals surface area contributed by atoms with Crippen LogP contribution in [0.5, 0.6) is 0 Å². The van der Waals surface area contributed by atoms with Crippen molar-refractivity contribution < 1.29 is 0 Å². The number of aromatic nitrogens is 2. The number of nitrogens with zero attached hydrogens (tertiary/aromatic N) is 2. The highest BCUT2D eigenvalue weighted by Crippen LogP contribution is 2.30. The molecule has 1 heterocycles. The maximum atomic E-state index is 4.87. The zero-order valence-electron chi connectivity index (χ0n) is 21.1. The summed E-state index contributed by atoms with van der Waals surface area (Å²) in [4.78, 5) is 4.87. The summed E-state index contributed by atoms with van der Waals surface area (Å²) in [5.41, 5.74) is 0. The lowest BCUT2D eigenvalue weighted by molar-refractivity contribution is 0.416. The Bertz CT molecular complexity index is 479. The van der Waals surface area contributed by atoms with E-state index in [9.17, 15) is 0 Å². The summed E-state index contributed by atoms with van der Waals surface area (Å²) in [6.45, 7) is 9.32. The van der Waals surface area contributed by atoms with Gasteiger partial charge in [-0.25, -0.2) is 4.98 Å². The molecule has 30 heavy (non-hydrogen) atoms. The normalized spacial score (nSPS) is 13.6. The first-order chi connectivity index (χ1) is 14.7. The molecule has 0 radical (unpaired) electrons. The van der Waals surface area contributed by atoms with Crippen molar-refractivity contribution in [1.29, 1.82) is 0 Å². The Labute approximate surface area is 189 Å². The molecule has 1 rings (SSSR count). The monoisotopic (exact) mass is 418 g/mol. The van der Waals surface area contributed by atoms with Crippen molar-refractivity contribution in [3.05, 3.63) is 18.2 Å². The SMILES string of the molecule is CCCCCCCCCCCC(CCCC)c1nccn1C(C)CCCCCCC. The van der Waals surface area contributed by atoms with Gasteiger partial charge in [0.1, 0.15) is 5.82 Å². The van der Waals surface area contributed by atoms with Gasteiger partial charge in [-0.05, 0) is 26.2 Å². The molecule has 0 aliphatic heterocycles. The quantitative estimate of drug-likeness (QED) is 0.182. The van der Waals surface area contributed by atoms with Gasteiger partial charge < -0.3 is 4.57 Å². The molecule has 2 heteroatoms. The molecule has 0 aromatic carbocycles. The lowest BCUT2D eigenvalue weighted by Crippen LogP contribution is -2.13. The van der Waals surface area contributed by atoms with Crippen LogP contribution in [0.3, 0.4) is 0 Å². The van der Waals surface area contributed by atoms with E-state index in [2.05, 4.69) is 44.7 Å². The summed E-state index contributed by atoms with van der Waals surface area (Å²) in [6, 6.07) is 0.594. The molecular formula is C28H54N2. The van der Waals surface area contributed by atoms with Crippen molar-refractivity contribution >= 4 is 0 Å². The maximum Gasteiger partial charge on any atom is 0.111 e. The average molecular weight is 419 g/mol. The second-order valence-electron chi connectivity index (χ2n) is 9.70. The summed E-state index contributed by atoms with van der Waals surface area (Å²) >= 11 is 0. The molecular weight excluding hydrogens is 364 g/mol. The second-order valence-corrected chi connectivity index (χ2v) is 9.70. The largest absolute Gasteiger partial charge is 0.332 e. The number of imidazole rings is 1. The Morgan fingerprint density at radius 2 is 1.10 bits per heavy atom. The Morgan fingerprint density at radius 3 is 1.67 bits per heavy atom. The van der Waals surface area contributed by atoms with Gasteiger partial charge in [0, 0.05) is 24.4 Å². The van der Waals surface area contributed by atoms with Crippen LogP contribution in [0.4, 0.5) is 0 Å². The van der Waals surface area contributed by atoms with Crippen LogP contribution >= 0.6 is 0 Å². The molecule has 0 aliphatic carbocycles. The predicted molar refractivity (Wildman–Crippen MR) is 134 cm³/mol. The molecule has 0 fully saturated rings. The Kier molecular flexibility index (Phi) is 17.2.